The lowest BCUT2D eigenvalue weighted by molar-refractivity contribution is -0.0498. The number of hydrogen-bond donors (Lipinski definition) is 1. The first-order valence-electron chi connectivity index (χ1n) is 5.55. The second-order valence-corrected chi connectivity index (χ2v) is 4.03. The van der Waals surface area contributed by atoms with Crippen molar-refractivity contribution in [2.24, 2.45) is 0 Å². The summed E-state index contributed by atoms with van der Waals surface area (Å²) in [4.78, 5) is 0. The van der Waals surface area contributed by atoms with Crippen LogP contribution in [0.5, 0.6) is 5.75 Å². The number of halogens is 2. The third-order valence-electron chi connectivity index (χ3n) is 2.81. The van der Waals surface area contributed by atoms with E-state index in [9.17, 15) is 8.78 Å². The molecule has 0 heterocycles. The van der Waals surface area contributed by atoms with Gasteiger partial charge < -0.3 is 10.1 Å². The highest BCUT2D eigenvalue weighted by Gasteiger charge is 2.14. The van der Waals surface area contributed by atoms with E-state index in [1.807, 2.05) is 0 Å². The van der Waals surface area contributed by atoms with Gasteiger partial charge in [0.2, 0.25) is 0 Å². The average molecular weight is 227 g/mol. The van der Waals surface area contributed by atoms with Gasteiger partial charge in [-0.2, -0.15) is 8.78 Å². The molecule has 1 aromatic rings. The smallest absolute Gasteiger partial charge is 0.387 e. The summed E-state index contributed by atoms with van der Waals surface area (Å²) >= 11 is 0. The fourth-order valence-electron chi connectivity index (χ4n) is 2.04. The van der Waals surface area contributed by atoms with Crippen molar-refractivity contribution in [3.63, 3.8) is 0 Å². The van der Waals surface area contributed by atoms with Crippen molar-refractivity contribution in [1.29, 1.82) is 0 Å². The monoisotopic (exact) mass is 227 g/mol. The third-order valence-corrected chi connectivity index (χ3v) is 2.81. The standard InChI is InChI=1S/C12H15F2NO/c13-12(14)16-11-7-5-10(6-8-11)15-9-3-1-2-4-9/h5-9,12,15H,1-4H2. The molecule has 0 unspecified atom stereocenters. The zero-order valence-electron chi connectivity index (χ0n) is 8.96. The molecule has 1 aliphatic carbocycles. The molecule has 0 amide bonds. The molecule has 1 aromatic carbocycles. The topological polar surface area (TPSA) is 21.3 Å². The SMILES string of the molecule is FC(F)Oc1ccc(NC2CCCC2)cc1. The van der Waals surface area contributed by atoms with Crippen LogP contribution in [-0.2, 0) is 0 Å². The Kier molecular flexibility index (Phi) is 3.59. The molecule has 1 aliphatic rings. The molecule has 2 nitrogen and oxygen atoms in total. The van der Waals surface area contributed by atoms with Gasteiger partial charge in [-0.1, -0.05) is 12.8 Å². The highest BCUT2D eigenvalue weighted by atomic mass is 19.3. The Morgan fingerprint density at radius 1 is 1.12 bits per heavy atom. The summed E-state index contributed by atoms with van der Waals surface area (Å²) in [6.45, 7) is -2.76. The molecule has 0 saturated heterocycles. The molecular formula is C12H15F2NO. The number of rotatable bonds is 4. The number of ether oxygens (including phenoxy) is 1. The van der Waals surface area contributed by atoms with Crippen molar-refractivity contribution in [3.05, 3.63) is 24.3 Å². The molecule has 0 bridgehead atoms. The predicted octanol–water partition coefficient (Wildman–Crippen LogP) is 3.64. The van der Waals surface area contributed by atoms with Crippen LogP contribution in [0.3, 0.4) is 0 Å². The van der Waals surface area contributed by atoms with Crippen molar-refractivity contribution in [2.75, 3.05) is 5.32 Å². The molecule has 0 aliphatic heterocycles. The minimum absolute atomic E-state index is 0.201. The number of anilines is 1. The minimum atomic E-state index is -2.76. The molecule has 16 heavy (non-hydrogen) atoms. The van der Waals surface area contributed by atoms with Gasteiger partial charge in [0.15, 0.2) is 0 Å². The maximum Gasteiger partial charge on any atom is 0.387 e. The molecule has 1 fully saturated rings. The lowest BCUT2D eigenvalue weighted by Crippen LogP contribution is -2.14. The normalized spacial score (nSPS) is 16.7. The van der Waals surface area contributed by atoms with E-state index in [0.717, 1.165) is 5.69 Å². The second-order valence-electron chi connectivity index (χ2n) is 4.03. The van der Waals surface area contributed by atoms with Gasteiger partial charge in [0, 0.05) is 11.7 Å². The van der Waals surface area contributed by atoms with Crippen LogP contribution in [0.4, 0.5) is 14.5 Å². The van der Waals surface area contributed by atoms with E-state index in [2.05, 4.69) is 10.1 Å². The first-order valence-corrected chi connectivity index (χ1v) is 5.55. The summed E-state index contributed by atoms with van der Waals surface area (Å²) in [5.74, 6) is 0.201. The second kappa shape index (κ2) is 5.14. The van der Waals surface area contributed by atoms with Crippen LogP contribution in [0.1, 0.15) is 25.7 Å². The van der Waals surface area contributed by atoms with E-state index in [4.69, 9.17) is 0 Å². The summed E-state index contributed by atoms with van der Waals surface area (Å²) in [5, 5.41) is 3.38. The molecule has 0 atom stereocenters. The number of alkyl halides is 2. The molecular weight excluding hydrogens is 212 g/mol. The maximum absolute atomic E-state index is 11.9. The first kappa shape index (κ1) is 11.2. The van der Waals surface area contributed by atoms with Crippen LogP contribution in [0.25, 0.3) is 0 Å². The van der Waals surface area contributed by atoms with Crippen molar-refractivity contribution in [3.8, 4) is 5.75 Å². The third kappa shape index (κ3) is 3.08. The zero-order valence-corrected chi connectivity index (χ0v) is 8.96. The van der Waals surface area contributed by atoms with E-state index in [1.165, 1.54) is 25.7 Å². The Hall–Kier alpha value is -1.32. The van der Waals surface area contributed by atoms with Gasteiger partial charge in [-0.05, 0) is 37.1 Å². The van der Waals surface area contributed by atoms with Gasteiger partial charge in [0.05, 0.1) is 0 Å². The van der Waals surface area contributed by atoms with Gasteiger partial charge in [0.1, 0.15) is 5.75 Å². The molecule has 1 saturated carbocycles. The molecule has 1 N–H and O–H groups in total. The summed E-state index contributed by atoms with van der Waals surface area (Å²) in [7, 11) is 0. The van der Waals surface area contributed by atoms with Crippen LogP contribution in [0.15, 0.2) is 24.3 Å². The first-order chi connectivity index (χ1) is 7.74. The number of hydrogen-bond acceptors (Lipinski definition) is 2. The van der Waals surface area contributed by atoms with Gasteiger partial charge in [-0.25, -0.2) is 0 Å². The summed E-state index contributed by atoms with van der Waals surface area (Å²) in [6, 6.07) is 7.20. The number of benzene rings is 1. The van der Waals surface area contributed by atoms with E-state index < -0.39 is 6.61 Å². The van der Waals surface area contributed by atoms with Gasteiger partial charge in [-0.15, -0.1) is 0 Å². The fourth-order valence-corrected chi connectivity index (χ4v) is 2.04. The molecule has 0 aromatic heterocycles. The lowest BCUT2D eigenvalue weighted by Gasteiger charge is -2.13. The van der Waals surface area contributed by atoms with Crippen LogP contribution in [0, 0.1) is 0 Å². The maximum atomic E-state index is 11.9. The van der Waals surface area contributed by atoms with Crippen LogP contribution in [-0.4, -0.2) is 12.7 Å². The van der Waals surface area contributed by atoms with Crippen molar-refractivity contribution in [2.45, 2.75) is 38.3 Å². The lowest BCUT2D eigenvalue weighted by atomic mass is 10.2. The van der Waals surface area contributed by atoms with Crippen molar-refractivity contribution < 1.29 is 13.5 Å². The van der Waals surface area contributed by atoms with Crippen LogP contribution in [0.2, 0.25) is 0 Å². The van der Waals surface area contributed by atoms with Crippen LogP contribution < -0.4 is 10.1 Å². The number of nitrogens with one attached hydrogen (secondary N) is 1. The minimum Gasteiger partial charge on any atom is -0.435 e. The molecule has 88 valence electrons. The van der Waals surface area contributed by atoms with E-state index >= 15 is 0 Å². The summed E-state index contributed by atoms with van der Waals surface area (Å²) in [5.41, 5.74) is 0.966. The summed E-state index contributed by atoms with van der Waals surface area (Å²) < 4.78 is 28.1. The van der Waals surface area contributed by atoms with Gasteiger partial charge in [-0.3, -0.25) is 0 Å². The Morgan fingerprint density at radius 3 is 2.31 bits per heavy atom. The van der Waals surface area contributed by atoms with Gasteiger partial charge >= 0.3 is 6.61 Å². The van der Waals surface area contributed by atoms with E-state index in [0.29, 0.717) is 6.04 Å². The van der Waals surface area contributed by atoms with E-state index in [1.54, 1.807) is 24.3 Å². The molecule has 0 radical (unpaired) electrons. The molecule has 0 spiro atoms. The Morgan fingerprint density at radius 2 is 1.75 bits per heavy atom. The highest BCUT2D eigenvalue weighted by Crippen LogP contribution is 2.24. The highest BCUT2D eigenvalue weighted by molar-refractivity contribution is 5.47. The van der Waals surface area contributed by atoms with E-state index in [-0.39, 0.29) is 5.75 Å². The molecule has 4 heteroatoms. The largest absolute Gasteiger partial charge is 0.435 e. The Labute approximate surface area is 93.6 Å². The predicted molar refractivity (Wildman–Crippen MR) is 59.0 cm³/mol. The van der Waals surface area contributed by atoms with Crippen molar-refractivity contribution >= 4 is 5.69 Å². The Balaban J connectivity index is 1.90. The Bertz CT molecular complexity index is 320. The molecule has 2 rings (SSSR count). The average Bonchev–Trinajstić information content (AvgIpc) is 2.73. The van der Waals surface area contributed by atoms with Crippen molar-refractivity contribution in [1.82, 2.24) is 0 Å². The summed E-state index contributed by atoms with van der Waals surface area (Å²) in [6.07, 6.45) is 4.92. The van der Waals surface area contributed by atoms with Gasteiger partial charge in [0.25, 0.3) is 0 Å². The quantitative estimate of drug-likeness (QED) is 0.847. The fraction of sp³-hybridized carbons (Fsp3) is 0.500. The van der Waals surface area contributed by atoms with Crippen LogP contribution >= 0.6 is 0 Å². The zero-order chi connectivity index (χ0) is 11.4.